The van der Waals surface area contributed by atoms with Gasteiger partial charge >= 0.3 is 0 Å². The Morgan fingerprint density at radius 3 is 1.87 bits per heavy atom. The first-order valence-electron chi connectivity index (χ1n) is 7.34. The van der Waals surface area contributed by atoms with Gasteiger partial charge in [0.05, 0.1) is 4.90 Å². The highest BCUT2D eigenvalue weighted by Gasteiger charge is 2.28. The second-order valence-corrected chi connectivity index (χ2v) is 7.94. The zero-order chi connectivity index (χ0) is 17.7. The molecule has 0 radical (unpaired) electrons. The Bertz CT molecular complexity index is 910. The number of aromatic hydroxyl groups is 2. The van der Waals surface area contributed by atoms with Crippen LogP contribution < -0.4 is 0 Å². The maximum atomic E-state index is 13.1. The summed E-state index contributed by atoms with van der Waals surface area (Å²) in [7, 11) is -3.94. The third-order valence-electron chi connectivity index (χ3n) is 4.66. The fourth-order valence-corrected chi connectivity index (χ4v) is 4.70. The summed E-state index contributed by atoms with van der Waals surface area (Å²) in [5.41, 5.74) is 3.82. The molecule has 2 rings (SSSR count). The Labute approximate surface area is 137 Å². The van der Waals surface area contributed by atoms with Crippen LogP contribution in [0.2, 0.25) is 0 Å². The second kappa shape index (κ2) is 5.57. The minimum absolute atomic E-state index is 0.0275. The van der Waals surface area contributed by atoms with Gasteiger partial charge in [0.2, 0.25) is 9.84 Å². The molecule has 0 saturated heterocycles. The van der Waals surface area contributed by atoms with E-state index >= 15 is 0 Å². The Morgan fingerprint density at radius 1 is 0.739 bits per heavy atom. The van der Waals surface area contributed by atoms with Crippen LogP contribution in [-0.4, -0.2) is 18.6 Å². The molecule has 0 bridgehead atoms. The van der Waals surface area contributed by atoms with Gasteiger partial charge in [-0.3, -0.25) is 0 Å². The summed E-state index contributed by atoms with van der Waals surface area (Å²) in [5.74, 6) is -0.285. The standard InChI is InChI=1S/C18H22O4S/c1-9-7-10(2)18(17(20)11(9)3)23(21,22)16-8-15(19)13(5)12(4)14(16)6/h7-8,19-20H,1-6H3. The van der Waals surface area contributed by atoms with Crippen LogP contribution in [0.3, 0.4) is 0 Å². The van der Waals surface area contributed by atoms with Crippen LogP contribution in [0.15, 0.2) is 21.9 Å². The summed E-state index contributed by atoms with van der Waals surface area (Å²) < 4.78 is 26.2. The average Bonchev–Trinajstić information content (AvgIpc) is 2.46. The molecule has 2 N–H and O–H groups in total. The SMILES string of the molecule is Cc1cc(C)c(S(=O)(=O)c2cc(O)c(C)c(C)c2C)c(O)c1C. The van der Waals surface area contributed by atoms with Gasteiger partial charge in [0.15, 0.2) is 0 Å². The van der Waals surface area contributed by atoms with Crippen LogP contribution in [0.5, 0.6) is 11.5 Å². The van der Waals surface area contributed by atoms with E-state index in [-0.39, 0.29) is 21.3 Å². The first-order chi connectivity index (χ1) is 10.5. The minimum atomic E-state index is -3.94. The van der Waals surface area contributed by atoms with E-state index in [9.17, 15) is 18.6 Å². The van der Waals surface area contributed by atoms with Crippen molar-refractivity contribution in [2.75, 3.05) is 0 Å². The van der Waals surface area contributed by atoms with Gasteiger partial charge in [-0.25, -0.2) is 8.42 Å². The molecule has 2 aromatic carbocycles. The third kappa shape index (κ3) is 2.59. The minimum Gasteiger partial charge on any atom is -0.508 e. The molecule has 0 atom stereocenters. The predicted molar refractivity (Wildman–Crippen MR) is 90.1 cm³/mol. The van der Waals surface area contributed by atoms with Crippen molar-refractivity contribution < 1.29 is 18.6 Å². The Hall–Kier alpha value is -2.01. The van der Waals surface area contributed by atoms with Gasteiger partial charge in [0.25, 0.3) is 0 Å². The summed E-state index contributed by atoms with van der Waals surface area (Å²) in [5, 5.41) is 20.4. The largest absolute Gasteiger partial charge is 0.508 e. The van der Waals surface area contributed by atoms with Crippen molar-refractivity contribution in [3.05, 3.63) is 45.5 Å². The quantitative estimate of drug-likeness (QED) is 0.876. The lowest BCUT2D eigenvalue weighted by atomic mass is 10.0. The van der Waals surface area contributed by atoms with Crippen LogP contribution in [0.25, 0.3) is 0 Å². The van der Waals surface area contributed by atoms with Gasteiger partial charge in [0, 0.05) is 0 Å². The molecule has 0 aliphatic heterocycles. The Kier molecular flexibility index (Phi) is 4.20. The molecule has 23 heavy (non-hydrogen) atoms. The molecule has 0 fully saturated rings. The lowest BCUT2D eigenvalue weighted by molar-refractivity contribution is 0.452. The number of rotatable bonds is 2. The molecule has 0 spiro atoms. The number of hydrogen-bond acceptors (Lipinski definition) is 4. The van der Waals surface area contributed by atoms with Gasteiger partial charge in [-0.05, 0) is 81.0 Å². The highest BCUT2D eigenvalue weighted by atomic mass is 32.2. The van der Waals surface area contributed by atoms with Crippen LogP contribution in [0.4, 0.5) is 0 Å². The van der Waals surface area contributed by atoms with Crippen LogP contribution in [-0.2, 0) is 9.84 Å². The van der Waals surface area contributed by atoms with E-state index in [2.05, 4.69) is 0 Å². The molecule has 0 amide bonds. The number of phenols is 2. The van der Waals surface area contributed by atoms with Gasteiger partial charge in [-0.15, -0.1) is 0 Å². The van der Waals surface area contributed by atoms with E-state index in [0.29, 0.717) is 22.3 Å². The maximum Gasteiger partial charge on any atom is 0.210 e. The van der Waals surface area contributed by atoms with E-state index in [1.165, 1.54) is 6.07 Å². The van der Waals surface area contributed by atoms with Gasteiger partial charge in [-0.1, -0.05) is 6.07 Å². The van der Waals surface area contributed by atoms with Crippen LogP contribution >= 0.6 is 0 Å². The van der Waals surface area contributed by atoms with Crippen molar-refractivity contribution in [1.82, 2.24) is 0 Å². The Morgan fingerprint density at radius 2 is 1.30 bits per heavy atom. The first kappa shape index (κ1) is 17.3. The molecule has 4 nitrogen and oxygen atoms in total. The van der Waals surface area contributed by atoms with Gasteiger partial charge < -0.3 is 10.2 Å². The number of benzene rings is 2. The molecule has 124 valence electrons. The molecule has 0 aromatic heterocycles. The fourth-order valence-electron chi connectivity index (χ4n) is 2.77. The van der Waals surface area contributed by atoms with Crippen molar-refractivity contribution in [1.29, 1.82) is 0 Å². The van der Waals surface area contributed by atoms with E-state index in [0.717, 1.165) is 11.1 Å². The molecular weight excluding hydrogens is 312 g/mol. The lowest BCUT2D eigenvalue weighted by Crippen LogP contribution is -2.09. The van der Waals surface area contributed by atoms with E-state index in [1.54, 1.807) is 40.7 Å². The number of hydrogen-bond donors (Lipinski definition) is 2. The number of aryl methyl sites for hydroxylation is 2. The highest BCUT2D eigenvalue weighted by molar-refractivity contribution is 7.91. The first-order valence-corrected chi connectivity index (χ1v) is 8.83. The summed E-state index contributed by atoms with van der Waals surface area (Å²) >= 11 is 0. The van der Waals surface area contributed by atoms with Crippen LogP contribution in [0.1, 0.15) is 33.4 Å². The topological polar surface area (TPSA) is 74.6 Å². The molecule has 0 aliphatic carbocycles. The van der Waals surface area contributed by atoms with Crippen molar-refractivity contribution in [3.8, 4) is 11.5 Å². The Balaban J connectivity index is 2.88. The molecule has 0 heterocycles. The highest BCUT2D eigenvalue weighted by Crippen LogP contribution is 2.39. The van der Waals surface area contributed by atoms with Gasteiger partial charge in [0.1, 0.15) is 16.4 Å². The van der Waals surface area contributed by atoms with Crippen molar-refractivity contribution in [2.45, 2.75) is 51.3 Å². The average molecular weight is 334 g/mol. The van der Waals surface area contributed by atoms with E-state index < -0.39 is 9.84 Å². The molecule has 2 aromatic rings. The van der Waals surface area contributed by atoms with Crippen molar-refractivity contribution in [3.63, 3.8) is 0 Å². The van der Waals surface area contributed by atoms with Crippen LogP contribution in [0, 0.1) is 41.5 Å². The second-order valence-electron chi connectivity index (χ2n) is 6.09. The summed E-state index contributed by atoms with van der Waals surface area (Å²) in [6.45, 7) is 10.4. The number of sulfone groups is 1. The lowest BCUT2D eigenvalue weighted by Gasteiger charge is -2.17. The third-order valence-corrected chi connectivity index (χ3v) is 6.71. The summed E-state index contributed by atoms with van der Waals surface area (Å²) in [6.07, 6.45) is 0. The number of phenolic OH excluding ortho intramolecular Hbond substituents is 2. The van der Waals surface area contributed by atoms with E-state index in [4.69, 9.17) is 0 Å². The zero-order valence-electron chi connectivity index (χ0n) is 14.3. The fraction of sp³-hybridized carbons (Fsp3) is 0.333. The smallest absolute Gasteiger partial charge is 0.210 e. The molecular formula is C18H22O4S. The van der Waals surface area contributed by atoms with E-state index in [1.807, 2.05) is 6.92 Å². The molecule has 5 heteroatoms. The molecule has 0 aliphatic rings. The van der Waals surface area contributed by atoms with Crippen molar-refractivity contribution in [2.24, 2.45) is 0 Å². The predicted octanol–water partition coefficient (Wildman–Crippen LogP) is 3.78. The molecule has 0 unspecified atom stereocenters. The summed E-state index contributed by atoms with van der Waals surface area (Å²) in [6, 6.07) is 3.01. The summed E-state index contributed by atoms with van der Waals surface area (Å²) in [4.78, 5) is -0.0638. The molecule has 0 saturated carbocycles. The normalized spacial score (nSPS) is 11.7. The van der Waals surface area contributed by atoms with Gasteiger partial charge in [-0.2, -0.15) is 0 Å². The van der Waals surface area contributed by atoms with Crippen molar-refractivity contribution >= 4 is 9.84 Å². The zero-order valence-corrected chi connectivity index (χ0v) is 15.1. The maximum absolute atomic E-state index is 13.1. The monoisotopic (exact) mass is 334 g/mol.